The van der Waals surface area contributed by atoms with Gasteiger partial charge in [0.15, 0.2) is 0 Å². The second kappa shape index (κ2) is 5.65. The van der Waals surface area contributed by atoms with Gasteiger partial charge in [0.1, 0.15) is 5.82 Å². The molecule has 19 heavy (non-hydrogen) atoms. The molecule has 2 N–H and O–H groups in total. The molecule has 1 fully saturated rings. The molecule has 1 unspecified atom stereocenters. The molecule has 1 aromatic heterocycles. The van der Waals surface area contributed by atoms with Gasteiger partial charge in [0.25, 0.3) is 0 Å². The normalized spacial score (nSPS) is 19.5. The minimum absolute atomic E-state index is 0.0816. The standard InChI is InChI=1S/C14H24N4O/c1-10(2)19-14-12(15)5-6-13(16-14)18-8-7-11(9-18)17(3)4/h5-6,10-11H,7-9,15H2,1-4H3. The number of nitrogens with two attached hydrogens (primary N) is 1. The molecule has 0 spiro atoms. The van der Waals surface area contributed by atoms with Crippen LogP contribution in [0.5, 0.6) is 5.88 Å². The number of nitrogens with zero attached hydrogens (tertiary/aromatic N) is 3. The number of aromatic nitrogens is 1. The van der Waals surface area contributed by atoms with E-state index in [1.807, 2.05) is 26.0 Å². The van der Waals surface area contributed by atoms with E-state index in [-0.39, 0.29) is 6.10 Å². The monoisotopic (exact) mass is 264 g/mol. The largest absolute Gasteiger partial charge is 0.473 e. The van der Waals surface area contributed by atoms with Crippen LogP contribution in [-0.2, 0) is 0 Å². The van der Waals surface area contributed by atoms with Crippen molar-refractivity contribution >= 4 is 11.5 Å². The van der Waals surface area contributed by atoms with Crippen molar-refractivity contribution < 1.29 is 4.74 Å². The zero-order valence-corrected chi connectivity index (χ0v) is 12.3. The van der Waals surface area contributed by atoms with Gasteiger partial charge in [-0.15, -0.1) is 0 Å². The third-order valence-corrected chi connectivity index (χ3v) is 3.44. The van der Waals surface area contributed by atoms with E-state index >= 15 is 0 Å². The summed E-state index contributed by atoms with van der Waals surface area (Å²) in [6.45, 7) is 5.99. The van der Waals surface area contributed by atoms with Gasteiger partial charge in [-0.25, -0.2) is 0 Å². The van der Waals surface area contributed by atoms with Gasteiger partial charge in [0.05, 0.1) is 11.8 Å². The molecule has 0 amide bonds. The lowest BCUT2D eigenvalue weighted by atomic mass is 10.2. The minimum atomic E-state index is 0.0816. The molecule has 2 heterocycles. The molecule has 106 valence electrons. The zero-order valence-electron chi connectivity index (χ0n) is 12.3. The molecule has 0 saturated carbocycles. The molecule has 5 heteroatoms. The molecular formula is C14H24N4O. The summed E-state index contributed by atoms with van der Waals surface area (Å²) < 4.78 is 5.65. The number of hydrogen-bond donors (Lipinski definition) is 1. The topological polar surface area (TPSA) is 54.6 Å². The average molecular weight is 264 g/mol. The fourth-order valence-electron chi connectivity index (χ4n) is 2.31. The number of nitrogen functional groups attached to an aromatic ring is 1. The number of rotatable bonds is 4. The Morgan fingerprint density at radius 2 is 2.16 bits per heavy atom. The summed E-state index contributed by atoms with van der Waals surface area (Å²) in [5.74, 6) is 1.50. The van der Waals surface area contributed by atoms with Crippen LogP contribution >= 0.6 is 0 Å². The van der Waals surface area contributed by atoms with Gasteiger partial charge in [0.2, 0.25) is 5.88 Å². The SMILES string of the molecule is CC(C)Oc1nc(N2CCC(N(C)C)C2)ccc1N. The molecule has 2 rings (SSSR count). The van der Waals surface area contributed by atoms with Gasteiger partial charge in [-0.3, -0.25) is 0 Å². The van der Waals surface area contributed by atoms with Crippen LogP contribution in [-0.4, -0.2) is 49.2 Å². The van der Waals surface area contributed by atoms with Crippen molar-refractivity contribution in [3.05, 3.63) is 12.1 Å². The predicted octanol–water partition coefficient (Wildman–Crippen LogP) is 1.59. The lowest BCUT2D eigenvalue weighted by Crippen LogP contribution is -2.31. The smallest absolute Gasteiger partial charge is 0.239 e. The number of pyridine rings is 1. The summed E-state index contributed by atoms with van der Waals surface area (Å²) in [5.41, 5.74) is 6.50. The average Bonchev–Trinajstić information content (AvgIpc) is 2.81. The van der Waals surface area contributed by atoms with Gasteiger partial charge >= 0.3 is 0 Å². The van der Waals surface area contributed by atoms with Crippen molar-refractivity contribution in [3.8, 4) is 5.88 Å². The van der Waals surface area contributed by atoms with Crippen molar-refractivity contribution in [2.24, 2.45) is 0 Å². The van der Waals surface area contributed by atoms with Crippen molar-refractivity contribution in [1.82, 2.24) is 9.88 Å². The Bertz CT molecular complexity index is 433. The Morgan fingerprint density at radius 1 is 1.42 bits per heavy atom. The quantitative estimate of drug-likeness (QED) is 0.895. The molecule has 1 aromatic rings. The summed E-state index contributed by atoms with van der Waals surface area (Å²) >= 11 is 0. The second-order valence-corrected chi connectivity index (χ2v) is 5.58. The highest BCUT2D eigenvalue weighted by Gasteiger charge is 2.25. The number of likely N-dealkylation sites (N-methyl/N-ethyl adjacent to an activating group) is 1. The predicted molar refractivity (Wildman–Crippen MR) is 78.7 cm³/mol. The molecule has 0 radical (unpaired) electrons. The number of hydrogen-bond acceptors (Lipinski definition) is 5. The van der Waals surface area contributed by atoms with Crippen LogP contribution in [0.25, 0.3) is 0 Å². The fraction of sp³-hybridized carbons (Fsp3) is 0.643. The van der Waals surface area contributed by atoms with E-state index in [1.165, 1.54) is 6.42 Å². The maximum Gasteiger partial charge on any atom is 0.239 e. The lowest BCUT2D eigenvalue weighted by Gasteiger charge is -2.22. The molecule has 1 aliphatic heterocycles. The number of anilines is 2. The summed E-state index contributed by atoms with van der Waals surface area (Å²) in [6.07, 6.45) is 1.25. The van der Waals surface area contributed by atoms with Crippen molar-refractivity contribution in [2.75, 3.05) is 37.8 Å². The Balaban J connectivity index is 2.13. The Labute approximate surface area is 115 Å². The van der Waals surface area contributed by atoms with Crippen LogP contribution in [0.4, 0.5) is 11.5 Å². The second-order valence-electron chi connectivity index (χ2n) is 5.58. The van der Waals surface area contributed by atoms with E-state index in [1.54, 1.807) is 0 Å². The summed E-state index contributed by atoms with van der Waals surface area (Å²) in [4.78, 5) is 9.10. The van der Waals surface area contributed by atoms with Crippen molar-refractivity contribution in [1.29, 1.82) is 0 Å². The summed E-state index contributed by atoms with van der Waals surface area (Å²) in [6, 6.07) is 4.44. The molecule has 5 nitrogen and oxygen atoms in total. The van der Waals surface area contributed by atoms with Gasteiger partial charge in [-0.05, 0) is 46.5 Å². The van der Waals surface area contributed by atoms with Crippen LogP contribution in [0.3, 0.4) is 0 Å². The van der Waals surface area contributed by atoms with E-state index in [0.717, 1.165) is 18.9 Å². The van der Waals surface area contributed by atoms with Crippen molar-refractivity contribution in [3.63, 3.8) is 0 Å². The Kier molecular flexibility index (Phi) is 4.14. The number of ether oxygens (including phenoxy) is 1. The first kappa shape index (κ1) is 13.9. The maximum atomic E-state index is 5.90. The molecule has 1 saturated heterocycles. The molecule has 0 aliphatic carbocycles. The van der Waals surface area contributed by atoms with E-state index in [4.69, 9.17) is 10.5 Å². The molecule has 1 atom stereocenters. The summed E-state index contributed by atoms with van der Waals surface area (Å²) in [7, 11) is 4.25. The van der Waals surface area contributed by atoms with Gasteiger partial charge in [-0.2, -0.15) is 4.98 Å². The van der Waals surface area contributed by atoms with Gasteiger partial charge < -0.3 is 20.3 Å². The first-order valence-electron chi connectivity index (χ1n) is 6.82. The van der Waals surface area contributed by atoms with E-state index in [0.29, 0.717) is 17.6 Å². The zero-order chi connectivity index (χ0) is 14.0. The van der Waals surface area contributed by atoms with Crippen LogP contribution < -0.4 is 15.4 Å². The minimum Gasteiger partial charge on any atom is -0.473 e. The molecule has 0 aromatic carbocycles. The fourth-order valence-corrected chi connectivity index (χ4v) is 2.31. The van der Waals surface area contributed by atoms with Gasteiger partial charge in [0, 0.05) is 19.1 Å². The van der Waals surface area contributed by atoms with E-state index in [9.17, 15) is 0 Å². The van der Waals surface area contributed by atoms with E-state index < -0.39 is 0 Å². The summed E-state index contributed by atoms with van der Waals surface area (Å²) in [5, 5.41) is 0. The third kappa shape index (κ3) is 3.29. The third-order valence-electron chi connectivity index (χ3n) is 3.44. The highest BCUT2D eigenvalue weighted by Crippen LogP contribution is 2.26. The van der Waals surface area contributed by atoms with Gasteiger partial charge in [-0.1, -0.05) is 0 Å². The highest BCUT2D eigenvalue weighted by atomic mass is 16.5. The first-order valence-corrected chi connectivity index (χ1v) is 6.82. The molecule has 0 bridgehead atoms. The molecule has 1 aliphatic rings. The van der Waals surface area contributed by atoms with Crippen LogP contribution in [0.1, 0.15) is 20.3 Å². The van der Waals surface area contributed by atoms with Crippen molar-refractivity contribution in [2.45, 2.75) is 32.4 Å². The maximum absolute atomic E-state index is 5.90. The van der Waals surface area contributed by atoms with Crippen LogP contribution in [0.15, 0.2) is 12.1 Å². The Hall–Kier alpha value is -1.49. The van der Waals surface area contributed by atoms with Crippen LogP contribution in [0, 0.1) is 0 Å². The highest BCUT2D eigenvalue weighted by molar-refractivity contribution is 5.55. The van der Waals surface area contributed by atoms with Crippen LogP contribution in [0.2, 0.25) is 0 Å². The Morgan fingerprint density at radius 3 is 2.74 bits per heavy atom. The lowest BCUT2D eigenvalue weighted by molar-refractivity contribution is 0.234. The van der Waals surface area contributed by atoms with E-state index in [2.05, 4.69) is 28.9 Å². The first-order chi connectivity index (χ1) is 8.97. The molecular weight excluding hydrogens is 240 g/mol.